The van der Waals surface area contributed by atoms with Crippen molar-refractivity contribution in [1.82, 2.24) is 14.5 Å². The fraction of sp³-hybridized carbons (Fsp3) is 0.458. The molecule has 1 aliphatic rings. The third-order valence-corrected chi connectivity index (χ3v) is 5.97. The Morgan fingerprint density at radius 1 is 1.39 bits per heavy atom. The third-order valence-electron chi connectivity index (χ3n) is 5.97. The predicted molar refractivity (Wildman–Crippen MR) is 124 cm³/mol. The molecule has 3 aromatic heterocycles. The minimum atomic E-state index is -0.651. The summed E-state index contributed by atoms with van der Waals surface area (Å²) < 4.78 is 19.6. The van der Waals surface area contributed by atoms with Crippen molar-refractivity contribution >= 4 is 22.6 Å². The van der Waals surface area contributed by atoms with Gasteiger partial charge in [0.15, 0.2) is 0 Å². The van der Waals surface area contributed by atoms with Crippen molar-refractivity contribution in [2.24, 2.45) is 7.05 Å². The number of aryl methyl sites for hydroxylation is 1. The summed E-state index contributed by atoms with van der Waals surface area (Å²) in [5, 5.41) is 12.9. The zero-order valence-corrected chi connectivity index (χ0v) is 19.4. The number of pyridine rings is 2. The maximum Gasteiger partial charge on any atom is 0.222 e. The van der Waals surface area contributed by atoms with E-state index in [9.17, 15) is 9.90 Å². The number of rotatable bonds is 8. The summed E-state index contributed by atoms with van der Waals surface area (Å²) >= 11 is 0. The Morgan fingerprint density at radius 2 is 2.21 bits per heavy atom. The first kappa shape index (κ1) is 23.2. The van der Waals surface area contributed by atoms with Crippen LogP contribution in [0.1, 0.15) is 32.4 Å². The largest absolute Gasteiger partial charge is 0.490 e. The van der Waals surface area contributed by atoms with E-state index in [2.05, 4.69) is 10.3 Å². The molecule has 3 aromatic rings. The van der Waals surface area contributed by atoms with Gasteiger partial charge in [-0.2, -0.15) is 0 Å². The van der Waals surface area contributed by atoms with Crippen LogP contribution in [0.2, 0.25) is 0 Å². The molecule has 176 valence electrons. The SMILES string of the molecule is CO[C@@]1(c2cc(O[C@@H](C)CCO)cc(-c3cn(C)c4cnc(NC(C)=O)cc34)n2)CCOC1. The molecule has 0 aliphatic carbocycles. The first-order valence-corrected chi connectivity index (χ1v) is 11.0. The summed E-state index contributed by atoms with van der Waals surface area (Å²) in [6.45, 7) is 4.43. The van der Waals surface area contributed by atoms with Gasteiger partial charge in [0.2, 0.25) is 5.91 Å². The van der Waals surface area contributed by atoms with Gasteiger partial charge in [-0.1, -0.05) is 0 Å². The highest BCUT2D eigenvalue weighted by Gasteiger charge is 2.39. The molecule has 1 aliphatic heterocycles. The molecule has 0 aromatic carbocycles. The van der Waals surface area contributed by atoms with Crippen molar-refractivity contribution in [3.8, 4) is 17.0 Å². The summed E-state index contributed by atoms with van der Waals surface area (Å²) in [5.74, 6) is 0.938. The van der Waals surface area contributed by atoms with Crippen molar-refractivity contribution < 1.29 is 24.1 Å². The molecule has 1 amide bonds. The molecular weight excluding hydrogens is 424 g/mol. The number of anilines is 1. The molecular formula is C24H30N4O5. The highest BCUT2D eigenvalue weighted by molar-refractivity contribution is 5.98. The second-order valence-electron chi connectivity index (χ2n) is 8.44. The number of carbonyl (C=O) groups is 1. The Labute approximate surface area is 192 Å². The molecule has 0 unspecified atom stereocenters. The van der Waals surface area contributed by atoms with E-state index >= 15 is 0 Å². The second-order valence-corrected chi connectivity index (χ2v) is 8.44. The normalized spacial score (nSPS) is 19.1. The van der Waals surface area contributed by atoms with Crippen LogP contribution in [0, 0.1) is 0 Å². The minimum Gasteiger partial charge on any atom is -0.490 e. The van der Waals surface area contributed by atoms with E-state index in [0.717, 1.165) is 22.2 Å². The van der Waals surface area contributed by atoms with Crippen LogP contribution in [0.15, 0.2) is 30.6 Å². The zero-order valence-electron chi connectivity index (χ0n) is 19.4. The number of aromatic nitrogens is 3. The van der Waals surface area contributed by atoms with Crippen LogP contribution in [0.4, 0.5) is 5.82 Å². The minimum absolute atomic E-state index is 0.0457. The number of methoxy groups -OCH3 is 1. The van der Waals surface area contributed by atoms with Crippen molar-refractivity contribution in [2.45, 2.75) is 38.4 Å². The second kappa shape index (κ2) is 9.46. The van der Waals surface area contributed by atoms with Crippen LogP contribution in [0.3, 0.4) is 0 Å². The average molecular weight is 455 g/mol. The van der Waals surface area contributed by atoms with E-state index in [1.807, 2.05) is 42.9 Å². The monoisotopic (exact) mass is 454 g/mol. The summed E-state index contributed by atoms with van der Waals surface area (Å²) in [4.78, 5) is 20.9. The van der Waals surface area contributed by atoms with Gasteiger partial charge in [-0.05, 0) is 13.0 Å². The molecule has 1 saturated heterocycles. The van der Waals surface area contributed by atoms with Gasteiger partial charge in [0.1, 0.15) is 17.2 Å². The Balaban J connectivity index is 1.86. The number of fused-ring (bicyclic) bond motifs is 1. The number of aliphatic hydroxyl groups is 1. The van der Waals surface area contributed by atoms with Gasteiger partial charge >= 0.3 is 0 Å². The van der Waals surface area contributed by atoms with E-state index < -0.39 is 5.60 Å². The van der Waals surface area contributed by atoms with Crippen molar-refractivity contribution in [2.75, 3.05) is 32.2 Å². The number of ether oxygens (including phenoxy) is 3. The fourth-order valence-electron chi connectivity index (χ4n) is 4.16. The van der Waals surface area contributed by atoms with Crippen molar-refractivity contribution in [3.63, 3.8) is 0 Å². The van der Waals surface area contributed by atoms with Crippen LogP contribution in [-0.4, -0.2) is 58.6 Å². The van der Waals surface area contributed by atoms with Crippen LogP contribution in [0.25, 0.3) is 22.2 Å². The molecule has 2 atom stereocenters. The van der Waals surface area contributed by atoms with E-state index in [0.29, 0.717) is 43.3 Å². The predicted octanol–water partition coefficient (Wildman–Crippen LogP) is 3.01. The maximum absolute atomic E-state index is 11.5. The van der Waals surface area contributed by atoms with Gasteiger partial charge in [-0.15, -0.1) is 0 Å². The van der Waals surface area contributed by atoms with Gasteiger partial charge in [0, 0.05) is 76.4 Å². The topological polar surface area (TPSA) is 108 Å². The molecule has 1 fully saturated rings. The standard InChI is InChI=1S/C24H30N4O5/c1-15(5-7-29)33-17-9-20(27-22(10-17)24(31-4)6-8-32-14-24)19-13-28(3)21-12-25-23(11-18(19)21)26-16(2)30/h9-13,15,29H,5-8,14H2,1-4H3,(H,25,26,30)/t15-,24-/m0/s1. The van der Waals surface area contributed by atoms with Crippen LogP contribution in [-0.2, 0) is 26.9 Å². The van der Waals surface area contributed by atoms with Gasteiger partial charge in [0.05, 0.1) is 35.8 Å². The Hall–Kier alpha value is -3.01. The molecule has 33 heavy (non-hydrogen) atoms. The third kappa shape index (κ3) is 4.71. The summed E-state index contributed by atoms with van der Waals surface area (Å²) in [6, 6.07) is 5.63. The number of amides is 1. The van der Waals surface area contributed by atoms with Crippen LogP contribution >= 0.6 is 0 Å². The smallest absolute Gasteiger partial charge is 0.222 e. The number of carbonyl (C=O) groups excluding carboxylic acids is 1. The van der Waals surface area contributed by atoms with Crippen molar-refractivity contribution in [1.29, 1.82) is 0 Å². The van der Waals surface area contributed by atoms with Crippen molar-refractivity contribution in [3.05, 3.63) is 36.3 Å². The molecule has 0 saturated carbocycles. The van der Waals surface area contributed by atoms with E-state index in [1.165, 1.54) is 6.92 Å². The first-order valence-electron chi connectivity index (χ1n) is 11.0. The highest BCUT2D eigenvalue weighted by atomic mass is 16.5. The number of nitrogens with one attached hydrogen (secondary N) is 1. The lowest BCUT2D eigenvalue weighted by Crippen LogP contribution is -2.30. The number of hydrogen-bond acceptors (Lipinski definition) is 7. The fourth-order valence-corrected chi connectivity index (χ4v) is 4.16. The Morgan fingerprint density at radius 3 is 2.88 bits per heavy atom. The van der Waals surface area contributed by atoms with Gasteiger partial charge in [-0.3, -0.25) is 4.79 Å². The highest BCUT2D eigenvalue weighted by Crippen LogP contribution is 2.38. The van der Waals surface area contributed by atoms with E-state index in [1.54, 1.807) is 13.3 Å². The van der Waals surface area contributed by atoms with Crippen LogP contribution < -0.4 is 10.1 Å². The zero-order chi connectivity index (χ0) is 23.6. The Kier molecular flexibility index (Phi) is 6.64. The van der Waals surface area contributed by atoms with E-state index in [4.69, 9.17) is 19.2 Å². The summed E-state index contributed by atoms with van der Waals surface area (Å²) in [7, 11) is 3.61. The summed E-state index contributed by atoms with van der Waals surface area (Å²) in [5.41, 5.74) is 2.59. The lowest BCUT2D eigenvalue weighted by Gasteiger charge is -2.26. The molecule has 4 rings (SSSR count). The van der Waals surface area contributed by atoms with E-state index in [-0.39, 0.29) is 18.6 Å². The van der Waals surface area contributed by atoms with Gasteiger partial charge in [0.25, 0.3) is 0 Å². The van der Waals surface area contributed by atoms with Gasteiger partial charge < -0.3 is 29.2 Å². The molecule has 4 heterocycles. The maximum atomic E-state index is 11.5. The molecule has 0 spiro atoms. The lowest BCUT2D eigenvalue weighted by molar-refractivity contribution is -0.114. The summed E-state index contributed by atoms with van der Waals surface area (Å²) in [6.07, 6.45) is 4.76. The molecule has 0 radical (unpaired) electrons. The van der Waals surface area contributed by atoms with Crippen LogP contribution in [0.5, 0.6) is 5.75 Å². The molecule has 0 bridgehead atoms. The first-order chi connectivity index (χ1) is 15.8. The quantitative estimate of drug-likeness (QED) is 0.539. The molecule has 2 N–H and O–H groups in total. The average Bonchev–Trinajstić information content (AvgIpc) is 3.39. The molecule has 9 nitrogen and oxygen atoms in total. The molecule has 9 heteroatoms. The van der Waals surface area contributed by atoms with Gasteiger partial charge in [-0.25, -0.2) is 9.97 Å². The Bertz CT molecular complexity index is 1150. The number of nitrogens with zero attached hydrogens (tertiary/aromatic N) is 3. The lowest BCUT2D eigenvalue weighted by atomic mass is 9.96. The number of hydrogen-bond donors (Lipinski definition) is 2. The number of aliphatic hydroxyl groups excluding tert-OH is 1.